The minimum atomic E-state index is -0.995. The monoisotopic (exact) mass is 291 g/mol. The fourth-order valence-corrected chi connectivity index (χ4v) is 2.52. The molecule has 5 nitrogen and oxygen atoms in total. The number of rotatable bonds is 4. The molecule has 6 heteroatoms. The molecule has 0 spiro atoms. The molecule has 0 saturated heterocycles. The number of benzene rings is 1. The second kappa shape index (κ2) is 4.61. The van der Waals surface area contributed by atoms with Crippen LogP contribution in [0.2, 0.25) is 5.02 Å². The van der Waals surface area contributed by atoms with Crippen molar-refractivity contribution in [3.63, 3.8) is 0 Å². The lowest BCUT2D eigenvalue weighted by molar-refractivity contribution is 0.0679. The second-order valence-electron chi connectivity index (χ2n) is 5.07. The van der Waals surface area contributed by atoms with Gasteiger partial charge in [-0.3, -0.25) is 4.68 Å². The first-order valence-corrected chi connectivity index (χ1v) is 6.73. The van der Waals surface area contributed by atoms with E-state index < -0.39 is 5.97 Å². The summed E-state index contributed by atoms with van der Waals surface area (Å²) in [4.78, 5) is 11.4. The summed E-state index contributed by atoms with van der Waals surface area (Å²) < 4.78 is 1.56. The highest BCUT2D eigenvalue weighted by molar-refractivity contribution is 6.30. The third-order valence-corrected chi connectivity index (χ3v) is 3.94. The van der Waals surface area contributed by atoms with Gasteiger partial charge in [-0.2, -0.15) is 5.10 Å². The maximum atomic E-state index is 11.4. The largest absolute Gasteiger partial charge is 0.477 e. The lowest BCUT2D eigenvalue weighted by Gasteiger charge is -2.14. The molecule has 0 aliphatic heterocycles. The van der Waals surface area contributed by atoms with Crippen LogP contribution < -0.4 is 5.73 Å². The number of nitrogens with two attached hydrogens (primary N) is 1. The van der Waals surface area contributed by atoms with Crippen LogP contribution >= 0.6 is 11.6 Å². The summed E-state index contributed by atoms with van der Waals surface area (Å²) in [6.07, 6.45) is 1.72. The summed E-state index contributed by atoms with van der Waals surface area (Å²) in [5, 5.41) is 14.4. The quantitative estimate of drug-likeness (QED) is 0.906. The Morgan fingerprint density at radius 2 is 2.20 bits per heavy atom. The minimum Gasteiger partial charge on any atom is -0.477 e. The molecule has 0 radical (unpaired) electrons. The van der Waals surface area contributed by atoms with Crippen LogP contribution in [0, 0.1) is 0 Å². The second-order valence-corrected chi connectivity index (χ2v) is 5.51. The molecule has 1 aliphatic rings. The highest BCUT2D eigenvalue weighted by Crippen LogP contribution is 2.43. The van der Waals surface area contributed by atoms with Crippen molar-refractivity contribution in [2.24, 2.45) is 5.73 Å². The molecule has 1 saturated carbocycles. The van der Waals surface area contributed by atoms with Gasteiger partial charge >= 0.3 is 5.97 Å². The topological polar surface area (TPSA) is 81.1 Å². The van der Waals surface area contributed by atoms with E-state index in [0.717, 1.165) is 18.4 Å². The number of carbonyl (C=O) groups is 1. The maximum absolute atomic E-state index is 11.4. The first-order valence-electron chi connectivity index (χ1n) is 6.36. The lowest BCUT2D eigenvalue weighted by Crippen LogP contribution is -2.30. The molecule has 2 aromatic rings. The van der Waals surface area contributed by atoms with E-state index in [9.17, 15) is 9.90 Å². The van der Waals surface area contributed by atoms with Gasteiger partial charge in [0.1, 0.15) is 5.69 Å². The molecule has 0 bridgehead atoms. The van der Waals surface area contributed by atoms with E-state index in [1.807, 2.05) is 12.1 Å². The van der Waals surface area contributed by atoms with Gasteiger partial charge in [-0.25, -0.2) is 4.79 Å². The van der Waals surface area contributed by atoms with Gasteiger partial charge in [0.05, 0.1) is 11.2 Å². The summed E-state index contributed by atoms with van der Waals surface area (Å²) in [5.41, 5.74) is 7.01. The first kappa shape index (κ1) is 13.1. The normalized spacial score (nSPS) is 16.1. The highest BCUT2D eigenvalue weighted by atomic mass is 35.5. The summed E-state index contributed by atoms with van der Waals surface area (Å²) in [6.45, 7) is 0.393. The van der Waals surface area contributed by atoms with Gasteiger partial charge in [0, 0.05) is 17.1 Å². The predicted molar refractivity (Wildman–Crippen MR) is 75.9 cm³/mol. The number of hydrogen-bond acceptors (Lipinski definition) is 3. The number of carboxylic acid groups (broad SMARTS) is 1. The molecule has 1 aliphatic carbocycles. The molecular formula is C14H14ClN3O2. The van der Waals surface area contributed by atoms with Crippen LogP contribution in [0.5, 0.6) is 0 Å². The van der Waals surface area contributed by atoms with Gasteiger partial charge in [-0.15, -0.1) is 0 Å². The van der Waals surface area contributed by atoms with Crippen LogP contribution in [-0.4, -0.2) is 27.4 Å². The van der Waals surface area contributed by atoms with Crippen molar-refractivity contribution in [1.29, 1.82) is 0 Å². The van der Waals surface area contributed by atoms with Crippen LogP contribution in [0.15, 0.2) is 30.3 Å². The van der Waals surface area contributed by atoms with Crippen LogP contribution in [0.3, 0.4) is 0 Å². The molecule has 20 heavy (non-hydrogen) atoms. The van der Waals surface area contributed by atoms with Crippen LogP contribution in [-0.2, 0) is 5.54 Å². The summed E-state index contributed by atoms with van der Waals surface area (Å²) in [6, 6.07) is 8.77. The zero-order valence-electron chi connectivity index (χ0n) is 10.7. The smallest absolute Gasteiger partial charge is 0.354 e. The standard InChI is InChI=1S/C14H14ClN3O2/c15-10-3-1-2-9(6-10)11-7-12(13(19)20)18(17-11)14(8-16)4-5-14/h1-3,6-7H,4-5,8,16H2,(H,19,20). The zero-order chi connectivity index (χ0) is 14.3. The van der Waals surface area contributed by atoms with Crippen molar-refractivity contribution >= 4 is 17.6 Å². The zero-order valence-corrected chi connectivity index (χ0v) is 11.5. The molecule has 1 aromatic heterocycles. The molecule has 1 heterocycles. The molecular weight excluding hydrogens is 278 g/mol. The fourth-order valence-electron chi connectivity index (χ4n) is 2.33. The van der Waals surface area contributed by atoms with E-state index in [-0.39, 0.29) is 11.2 Å². The first-order chi connectivity index (χ1) is 9.55. The summed E-state index contributed by atoms with van der Waals surface area (Å²) in [7, 11) is 0. The van der Waals surface area contributed by atoms with Crippen molar-refractivity contribution in [2.45, 2.75) is 18.4 Å². The Kier molecular flexibility index (Phi) is 3.03. The molecule has 0 amide bonds. The Morgan fingerprint density at radius 1 is 1.45 bits per heavy atom. The molecule has 104 valence electrons. The predicted octanol–water partition coefficient (Wildman–Crippen LogP) is 2.35. The van der Waals surface area contributed by atoms with E-state index in [2.05, 4.69) is 5.10 Å². The molecule has 0 atom stereocenters. The summed E-state index contributed by atoms with van der Waals surface area (Å²) >= 11 is 5.96. The van der Waals surface area contributed by atoms with E-state index in [4.69, 9.17) is 17.3 Å². The van der Waals surface area contributed by atoms with E-state index in [1.165, 1.54) is 0 Å². The van der Waals surface area contributed by atoms with Crippen molar-refractivity contribution in [3.05, 3.63) is 41.0 Å². The number of nitrogens with zero attached hydrogens (tertiary/aromatic N) is 2. The van der Waals surface area contributed by atoms with E-state index in [0.29, 0.717) is 17.3 Å². The van der Waals surface area contributed by atoms with Crippen LogP contribution in [0.1, 0.15) is 23.3 Å². The van der Waals surface area contributed by atoms with Gasteiger partial charge in [0.25, 0.3) is 0 Å². The SMILES string of the molecule is NCC1(n2nc(-c3cccc(Cl)c3)cc2C(=O)O)CC1. The Balaban J connectivity index is 2.11. The van der Waals surface area contributed by atoms with Gasteiger partial charge in [-0.1, -0.05) is 23.7 Å². The van der Waals surface area contributed by atoms with Crippen molar-refractivity contribution in [1.82, 2.24) is 9.78 Å². The molecule has 1 fully saturated rings. The number of carboxylic acids is 1. The Hall–Kier alpha value is -1.85. The van der Waals surface area contributed by atoms with Gasteiger partial charge in [0.2, 0.25) is 0 Å². The number of halogens is 1. The Morgan fingerprint density at radius 3 is 2.75 bits per heavy atom. The van der Waals surface area contributed by atoms with E-state index >= 15 is 0 Å². The van der Waals surface area contributed by atoms with Gasteiger partial charge in [0.15, 0.2) is 0 Å². The molecule has 3 rings (SSSR count). The molecule has 1 aromatic carbocycles. The highest BCUT2D eigenvalue weighted by Gasteiger charge is 2.46. The number of aromatic nitrogens is 2. The van der Waals surface area contributed by atoms with Gasteiger partial charge < -0.3 is 10.8 Å². The third-order valence-electron chi connectivity index (χ3n) is 3.71. The summed E-state index contributed by atoms with van der Waals surface area (Å²) in [5.74, 6) is -0.995. The number of hydrogen-bond donors (Lipinski definition) is 2. The van der Waals surface area contributed by atoms with Crippen LogP contribution in [0.4, 0.5) is 0 Å². The third kappa shape index (κ3) is 2.09. The molecule has 0 unspecified atom stereocenters. The lowest BCUT2D eigenvalue weighted by atomic mass is 10.1. The van der Waals surface area contributed by atoms with Crippen molar-refractivity contribution < 1.29 is 9.90 Å². The van der Waals surface area contributed by atoms with Gasteiger partial charge in [-0.05, 0) is 31.0 Å². The average Bonchev–Trinajstić information content (AvgIpc) is 3.09. The maximum Gasteiger partial charge on any atom is 0.354 e. The molecule has 3 N–H and O–H groups in total. The van der Waals surface area contributed by atoms with Crippen molar-refractivity contribution in [2.75, 3.05) is 6.54 Å². The van der Waals surface area contributed by atoms with E-state index in [1.54, 1.807) is 22.9 Å². The Bertz CT molecular complexity index is 677. The minimum absolute atomic E-state index is 0.169. The van der Waals surface area contributed by atoms with Crippen molar-refractivity contribution in [3.8, 4) is 11.3 Å². The average molecular weight is 292 g/mol. The fraction of sp³-hybridized carbons (Fsp3) is 0.286. The van der Waals surface area contributed by atoms with Crippen LogP contribution in [0.25, 0.3) is 11.3 Å². The Labute approximate surface area is 121 Å². The number of aromatic carboxylic acids is 1.